The van der Waals surface area contributed by atoms with Gasteiger partial charge in [-0.25, -0.2) is 18.6 Å². The lowest BCUT2D eigenvalue weighted by molar-refractivity contribution is -0.0331. The normalized spacial score (nSPS) is 18.2. The minimum Gasteiger partial charge on any atom is -0.496 e. The highest BCUT2D eigenvalue weighted by Gasteiger charge is 2.32. The molecule has 0 saturated carbocycles. The summed E-state index contributed by atoms with van der Waals surface area (Å²) in [6, 6.07) is 8.02. The summed E-state index contributed by atoms with van der Waals surface area (Å²) in [4.78, 5) is 35.1. The van der Waals surface area contributed by atoms with Crippen LogP contribution in [-0.4, -0.2) is 96.0 Å². The molecular weight excluding hydrogens is 628 g/mol. The minimum absolute atomic E-state index is 0.228. The fourth-order valence-electron chi connectivity index (χ4n) is 6.09. The number of piperidine rings is 1. The second kappa shape index (κ2) is 13.7. The summed E-state index contributed by atoms with van der Waals surface area (Å²) in [5.41, 5.74) is 1.97. The molecule has 1 N–H and O–H groups in total. The van der Waals surface area contributed by atoms with Gasteiger partial charge in [-0.2, -0.15) is 0 Å². The number of alkyl halides is 1. The molecule has 10 nitrogen and oxygen atoms in total. The number of benzene rings is 2. The van der Waals surface area contributed by atoms with Crippen molar-refractivity contribution in [3.8, 4) is 17.0 Å². The number of hydrogen-bond acceptors (Lipinski definition) is 8. The summed E-state index contributed by atoms with van der Waals surface area (Å²) in [5.74, 6) is -0.265. The SMILES string of the molecule is COc1cc2c(cc1C(=O)NCCCN1CCC(F)CC1)sc1nc(-c3ccc(C4COCCN4C(=O)OC(C)(C)C)cc3F)cn12. The van der Waals surface area contributed by atoms with E-state index in [4.69, 9.17) is 19.2 Å². The van der Waals surface area contributed by atoms with E-state index in [1.807, 2.05) is 25.2 Å². The number of carbonyl (C=O) groups excluding carboxylic acids is 2. The molecule has 6 rings (SSSR count). The Morgan fingerprint density at radius 2 is 1.94 bits per heavy atom. The summed E-state index contributed by atoms with van der Waals surface area (Å²) >= 11 is 1.40. The number of hydrogen-bond donors (Lipinski definition) is 1. The van der Waals surface area contributed by atoms with Crippen LogP contribution in [-0.2, 0) is 9.47 Å². The van der Waals surface area contributed by atoms with Crippen molar-refractivity contribution in [3.63, 3.8) is 0 Å². The topological polar surface area (TPSA) is 97.6 Å². The first kappa shape index (κ1) is 33.1. The molecule has 2 saturated heterocycles. The van der Waals surface area contributed by atoms with E-state index in [0.29, 0.717) is 65.6 Å². The molecule has 0 spiro atoms. The van der Waals surface area contributed by atoms with Gasteiger partial charge in [0.05, 0.1) is 47.8 Å². The van der Waals surface area contributed by atoms with Crippen molar-refractivity contribution in [2.45, 2.75) is 57.8 Å². The van der Waals surface area contributed by atoms with Crippen LogP contribution in [0.25, 0.3) is 26.4 Å². The summed E-state index contributed by atoms with van der Waals surface area (Å²) in [6.45, 7) is 9.23. The van der Waals surface area contributed by atoms with Crippen molar-refractivity contribution in [2.24, 2.45) is 0 Å². The number of nitrogens with one attached hydrogen (secondary N) is 1. The molecule has 2 fully saturated rings. The lowest BCUT2D eigenvalue weighted by atomic mass is 10.0. The van der Waals surface area contributed by atoms with Crippen molar-refractivity contribution < 1.29 is 32.6 Å². The van der Waals surface area contributed by atoms with E-state index < -0.39 is 29.7 Å². The molecule has 2 aliphatic rings. The second-order valence-electron chi connectivity index (χ2n) is 13.0. The quantitative estimate of drug-likeness (QED) is 0.222. The maximum atomic E-state index is 15.6. The van der Waals surface area contributed by atoms with Gasteiger partial charge in [0.25, 0.3) is 5.91 Å². The molecule has 2 aliphatic heterocycles. The van der Waals surface area contributed by atoms with Crippen molar-refractivity contribution in [2.75, 3.05) is 53.0 Å². The lowest BCUT2D eigenvalue weighted by Crippen LogP contribution is -2.45. The predicted octanol–water partition coefficient (Wildman–Crippen LogP) is 6.23. The van der Waals surface area contributed by atoms with Gasteiger partial charge in [-0.3, -0.25) is 14.1 Å². The number of amides is 2. The Kier molecular flexibility index (Phi) is 9.67. The van der Waals surface area contributed by atoms with Crippen LogP contribution in [0.3, 0.4) is 0 Å². The predicted molar refractivity (Wildman–Crippen MR) is 177 cm³/mol. The molecule has 1 unspecified atom stereocenters. The number of fused-ring (bicyclic) bond motifs is 3. The third-order valence-electron chi connectivity index (χ3n) is 8.52. The number of carbonyl (C=O) groups is 2. The zero-order valence-corrected chi connectivity index (χ0v) is 28.0. The van der Waals surface area contributed by atoms with Crippen molar-refractivity contribution >= 4 is 38.5 Å². The Hall–Kier alpha value is -3.81. The van der Waals surface area contributed by atoms with Gasteiger partial charge in [-0.15, -0.1) is 0 Å². The van der Waals surface area contributed by atoms with Crippen LogP contribution in [0.1, 0.15) is 62.0 Å². The van der Waals surface area contributed by atoms with Gasteiger partial charge in [0, 0.05) is 44.0 Å². The standard InChI is InChI=1S/C34H41F2N5O5S/c1-34(2,3)46-33(43)40-14-15-45-20-28(40)21-6-7-23(25(36)16-21)26-19-41-27-18-29(44-4)24(17-30(27)47-32(41)38-26)31(42)37-10-5-11-39-12-8-22(35)9-13-39/h6-7,16-19,22,28H,5,8-15,20H2,1-4H3,(H,37,42). The molecule has 47 heavy (non-hydrogen) atoms. The molecule has 1 atom stereocenters. The number of nitrogens with zero attached hydrogens (tertiary/aromatic N) is 4. The van der Waals surface area contributed by atoms with E-state index in [1.165, 1.54) is 24.5 Å². The number of likely N-dealkylation sites (tertiary alicyclic amines) is 1. The van der Waals surface area contributed by atoms with E-state index in [0.717, 1.165) is 36.3 Å². The van der Waals surface area contributed by atoms with Crippen LogP contribution in [0.15, 0.2) is 36.5 Å². The molecule has 13 heteroatoms. The summed E-state index contributed by atoms with van der Waals surface area (Å²) < 4.78 is 48.5. The van der Waals surface area contributed by atoms with Crippen LogP contribution in [0.4, 0.5) is 13.6 Å². The van der Waals surface area contributed by atoms with E-state index in [1.54, 1.807) is 35.4 Å². The molecule has 4 aromatic rings. The zero-order chi connectivity index (χ0) is 33.3. The van der Waals surface area contributed by atoms with E-state index in [9.17, 15) is 14.0 Å². The van der Waals surface area contributed by atoms with Crippen molar-refractivity contribution in [1.82, 2.24) is 24.5 Å². The van der Waals surface area contributed by atoms with Crippen LogP contribution >= 0.6 is 11.3 Å². The Morgan fingerprint density at radius 3 is 2.66 bits per heavy atom. The van der Waals surface area contributed by atoms with Gasteiger partial charge in [-0.05, 0) is 70.3 Å². The second-order valence-corrected chi connectivity index (χ2v) is 14.0. The van der Waals surface area contributed by atoms with Gasteiger partial charge >= 0.3 is 6.09 Å². The largest absolute Gasteiger partial charge is 0.496 e. The fraction of sp³-hybridized carbons (Fsp3) is 0.500. The van der Waals surface area contributed by atoms with Crippen LogP contribution in [0.5, 0.6) is 5.75 Å². The van der Waals surface area contributed by atoms with Crippen LogP contribution in [0, 0.1) is 5.82 Å². The van der Waals surface area contributed by atoms with Crippen LogP contribution < -0.4 is 10.1 Å². The molecule has 2 amide bonds. The summed E-state index contributed by atoms with van der Waals surface area (Å²) in [6.07, 6.45) is 2.53. The summed E-state index contributed by atoms with van der Waals surface area (Å²) in [7, 11) is 1.52. The van der Waals surface area contributed by atoms with Gasteiger partial charge in [0.15, 0.2) is 4.96 Å². The third-order valence-corrected chi connectivity index (χ3v) is 9.54. The minimum atomic E-state index is -0.699. The molecule has 2 aromatic heterocycles. The molecular formula is C34H41F2N5O5S. The number of aromatic nitrogens is 2. The zero-order valence-electron chi connectivity index (χ0n) is 27.2. The molecule has 0 bridgehead atoms. The number of rotatable bonds is 8. The Bertz CT molecular complexity index is 1760. The maximum Gasteiger partial charge on any atom is 0.410 e. The highest BCUT2D eigenvalue weighted by Crippen LogP contribution is 2.36. The maximum absolute atomic E-state index is 15.6. The summed E-state index contributed by atoms with van der Waals surface area (Å²) in [5, 5.41) is 2.98. The van der Waals surface area contributed by atoms with Gasteiger partial charge in [-0.1, -0.05) is 17.4 Å². The molecule has 252 valence electrons. The Morgan fingerprint density at radius 1 is 1.15 bits per heavy atom. The van der Waals surface area contributed by atoms with E-state index in [-0.39, 0.29) is 12.5 Å². The molecule has 2 aromatic carbocycles. The molecule has 4 heterocycles. The number of thiazole rings is 1. The number of imidazole rings is 1. The Balaban J connectivity index is 1.17. The number of halogens is 2. The molecule has 0 aliphatic carbocycles. The van der Waals surface area contributed by atoms with Crippen LogP contribution in [0.2, 0.25) is 0 Å². The first-order chi connectivity index (χ1) is 22.5. The highest BCUT2D eigenvalue weighted by atomic mass is 32.1. The number of morpholine rings is 1. The Labute approximate surface area is 276 Å². The fourth-order valence-corrected chi connectivity index (χ4v) is 7.12. The molecule has 0 radical (unpaired) electrons. The van der Waals surface area contributed by atoms with E-state index in [2.05, 4.69) is 10.2 Å². The van der Waals surface area contributed by atoms with Crippen molar-refractivity contribution in [3.05, 3.63) is 53.5 Å². The average molecular weight is 670 g/mol. The first-order valence-electron chi connectivity index (χ1n) is 16.0. The van der Waals surface area contributed by atoms with Gasteiger partial charge < -0.3 is 24.4 Å². The first-order valence-corrected chi connectivity index (χ1v) is 16.8. The van der Waals surface area contributed by atoms with Crippen molar-refractivity contribution in [1.29, 1.82) is 0 Å². The van der Waals surface area contributed by atoms with E-state index >= 15 is 4.39 Å². The lowest BCUT2D eigenvalue weighted by Gasteiger charge is -2.36. The van der Waals surface area contributed by atoms with Gasteiger partial charge in [0.2, 0.25) is 0 Å². The number of methoxy groups -OCH3 is 1. The smallest absolute Gasteiger partial charge is 0.410 e. The highest BCUT2D eigenvalue weighted by molar-refractivity contribution is 7.23. The van der Waals surface area contributed by atoms with Gasteiger partial charge in [0.1, 0.15) is 23.3 Å². The monoisotopic (exact) mass is 669 g/mol. The number of ether oxygens (including phenoxy) is 3. The average Bonchev–Trinajstić information content (AvgIpc) is 3.60. The third kappa shape index (κ3) is 7.37.